The second-order valence-electron chi connectivity index (χ2n) is 4.29. The summed E-state index contributed by atoms with van der Waals surface area (Å²) in [6, 6.07) is 8.88. The minimum atomic E-state index is -1.35. The van der Waals surface area contributed by atoms with E-state index in [0.717, 1.165) is 11.8 Å². The molecule has 1 unspecified atom stereocenters. The van der Waals surface area contributed by atoms with Gasteiger partial charge in [0.2, 0.25) is 0 Å². The van der Waals surface area contributed by atoms with Crippen molar-refractivity contribution in [3.8, 4) is 0 Å². The first-order chi connectivity index (χ1) is 8.01. The highest BCUT2D eigenvalue weighted by Crippen LogP contribution is 2.30. The van der Waals surface area contributed by atoms with E-state index in [1.54, 1.807) is 19.1 Å². The van der Waals surface area contributed by atoms with Gasteiger partial charge in [-0.15, -0.1) is 0 Å². The van der Waals surface area contributed by atoms with Crippen LogP contribution in [0.3, 0.4) is 0 Å². The molecule has 0 amide bonds. The third kappa shape index (κ3) is 2.19. The van der Waals surface area contributed by atoms with Crippen molar-refractivity contribution in [2.75, 3.05) is 0 Å². The maximum atomic E-state index is 13.6. The quantitative estimate of drug-likeness (QED) is 0.862. The predicted molar refractivity (Wildman–Crippen MR) is 64.0 cm³/mol. The highest BCUT2D eigenvalue weighted by atomic mass is 19.1. The summed E-state index contributed by atoms with van der Waals surface area (Å²) in [5, 5.41) is 10.5. The smallest absolute Gasteiger partial charge is 0.147 e. The summed E-state index contributed by atoms with van der Waals surface area (Å²) in [5.74, 6) is -0.502. The van der Waals surface area contributed by atoms with Crippen LogP contribution in [0.2, 0.25) is 0 Å². The van der Waals surface area contributed by atoms with Crippen LogP contribution in [0.4, 0.5) is 4.39 Å². The van der Waals surface area contributed by atoms with E-state index < -0.39 is 11.4 Å². The fourth-order valence-electron chi connectivity index (χ4n) is 1.80. The molecule has 0 saturated carbocycles. The van der Waals surface area contributed by atoms with Gasteiger partial charge in [-0.3, -0.25) is 4.98 Å². The molecule has 2 aromatic rings. The van der Waals surface area contributed by atoms with E-state index in [9.17, 15) is 9.50 Å². The number of hydrogen-bond donors (Lipinski definition) is 1. The number of rotatable bonds is 2. The molecule has 2 rings (SSSR count). The van der Waals surface area contributed by atoms with Crippen LogP contribution in [0.5, 0.6) is 0 Å². The molecule has 1 atom stereocenters. The fraction of sp³-hybridized carbons (Fsp3) is 0.214. The van der Waals surface area contributed by atoms with E-state index in [1.165, 1.54) is 12.3 Å². The Kier molecular flexibility index (Phi) is 2.94. The van der Waals surface area contributed by atoms with Crippen molar-refractivity contribution in [3.63, 3.8) is 0 Å². The number of pyridine rings is 1. The number of benzene rings is 1. The molecular formula is C14H14FNO. The summed E-state index contributed by atoms with van der Waals surface area (Å²) in [7, 11) is 0. The summed E-state index contributed by atoms with van der Waals surface area (Å²) >= 11 is 0. The Bertz CT molecular complexity index is 520. The van der Waals surface area contributed by atoms with Crippen molar-refractivity contribution in [1.29, 1.82) is 0 Å². The number of hydrogen-bond acceptors (Lipinski definition) is 2. The molecule has 3 heteroatoms. The minimum Gasteiger partial charge on any atom is -0.381 e. The number of aliphatic hydroxyl groups is 1. The first-order valence-electron chi connectivity index (χ1n) is 5.41. The van der Waals surface area contributed by atoms with Crippen LogP contribution >= 0.6 is 0 Å². The molecule has 0 aliphatic rings. The molecule has 0 bridgehead atoms. The first-order valence-corrected chi connectivity index (χ1v) is 5.41. The zero-order valence-corrected chi connectivity index (χ0v) is 9.81. The molecule has 17 heavy (non-hydrogen) atoms. The van der Waals surface area contributed by atoms with Gasteiger partial charge in [-0.25, -0.2) is 4.39 Å². The summed E-state index contributed by atoms with van der Waals surface area (Å²) in [6.07, 6.45) is 2.58. The molecule has 1 aromatic carbocycles. The summed E-state index contributed by atoms with van der Waals surface area (Å²) in [6.45, 7) is 3.54. The summed E-state index contributed by atoms with van der Waals surface area (Å²) in [4.78, 5) is 3.68. The average molecular weight is 231 g/mol. The van der Waals surface area contributed by atoms with Crippen LogP contribution in [0, 0.1) is 12.7 Å². The van der Waals surface area contributed by atoms with Crippen molar-refractivity contribution in [3.05, 3.63) is 65.2 Å². The lowest BCUT2D eigenvalue weighted by Gasteiger charge is -2.24. The van der Waals surface area contributed by atoms with Gasteiger partial charge in [0, 0.05) is 11.8 Å². The highest BCUT2D eigenvalue weighted by Gasteiger charge is 2.28. The zero-order chi connectivity index (χ0) is 12.5. The Morgan fingerprint density at radius 1 is 1.18 bits per heavy atom. The molecule has 0 aliphatic carbocycles. The second-order valence-corrected chi connectivity index (χ2v) is 4.29. The lowest BCUT2D eigenvalue weighted by Crippen LogP contribution is -2.24. The summed E-state index contributed by atoms with van der Waals surface area (Å²) < 4.78 is 13.6. The fourth-order valence-corrected chi connectivity index (χ4v) is 1.80. The van der Waals surface area contributed by atoms with Gasteiger partial charge < -0.3 is 5.11 Å². The Morgan fingerprint density at radius 2 is 1.82 bits per heavy atom. The zero-order valence-electron chi connectivity index (χ0n) is 9.81. The largest absolute Gasteiger partial charge is 0.381 e. The van der Waals surface area contributed by atoms with E-state index in [2.05, 4.69) is 4.98 Å². The van der Waals surface area contributed by atoms with Crippen molar-refractivity contribution >= 4 is 0 Å². The lowest BCUT2D eigenvalue weighted by atomic mass is 9.88. The number of aromatic nitrogens is 1. The SMILES string of the molecule is Cc1ccc(C(C)(O)c2ccncc2F)cc1. The highest BCUT2D eigenvalue weighted by molar-refractivity contribution is 5.36. The standard InChI is InChI=1S/C14H14FNO/c1-10-3-5-11(6-4-10)14(2,17)12-7-8-16-9-13(12)15/h3-9,17H,1-2H3. The van der Waals surface area contributed by atoms with E-state index in [-0.39, 0.29) is 5.56 Å². The van der Waals surface area contributed by atoms with E-state index in [1.807, 2.05) is 19.1 Å². The molecule has 2 nitrogen and oxygen atoms in total. The van der Waals surface area contributed by atoms with Crippen LogP contribution < -0.4 is 0 Å². The first kappa shape index (κ1) is 11.7. The molecule has 0 fully saturated rings. The van der Waals surface area contributed by atoms with Crippen molar-refractivity contribution in [2.24, 2.45) is 0 Å². The Balaban J connectivity index is 2.49. The molecule has 0 spiro atoms. The maximum absolute atomic E-state index is 13.6. The predicted octanol–water partition coefficient (Wildman–Crippen LogP) is 2.78. The molecule has 1 N–H and O–H groups in total. The molecule has 88 valence electrons. The van der Waals surface area contributed by atoms with Crippen LogP contribution in [-0.4, -0.2) is 10.1 Å². The van der Waals surface area contributed by atoms with Gasteiger partial charge >= 0.3 is 0 Å². The topological polar surface area (TPSA) is 33.1 Å². The molecule has 0 saturated heterocycles. The van der Waals surface area contributed by atoms with E-state index in [0.29, 0.717) is 5.56 Å². The monoisotopic (exact) mass is 231 g/mol. The van der Waals surface area contributed by atoms with Crippen LogP contribution in [0.25, 0.3) is 0 Å². The molecule has 1 heterocycles. The van der Waals surface area contributed by atoms with Gasteiger partial charge in [0.1, 0.15) is 11.4 Å². The Labute approximate surface area is 99.8 Å². The number of aryl methyl sites for hydroxylation is 1. The molecular weight excluding hydrogens is 217 g/mol. The van der Waals surface area contributed by atoms with Gasteiger partial charge in [-0.05, 0) is 25.5 Å². The van der Waals surface area contributed by atoms with Gasteiger partial charge in [-0.1, -0.05) is 29.8 Å². The molecule has 0 radical (unpaired) electrons. The maximum Gasteiger partial charge on any atom is 0.147 e. The Morgan fingerprint density at radius 3 is 2.41 bits per heavy atom. The normalized spacial score (nSPS) is 14.4. The van der Waals surface area contributed by atoms with Gasteiger partial charge in [0.15, 0.2) is 0 Å². The number of nitrogens with zero attached hydrogens (tertiary/aromatic N) is 1. The molecule has 1 aromatic heterocycles. The number of halogens is 1. The summed E-state index contributed by atoms with van der Waals surface area (Å²) in [5.41, 5.74) is 0.644. The van der Waals surface area contributed by atoms with Gasteiger partial charge in [-0.2, -0.15) is 0 Å². The van der Waals surface area contributed by atoms with Crippen LogP contribution in [0.1, 0.15) is 23.6 Å². The third-order valence-corrected chi connectivity index (χ3v) is 2.91. The van der Waals surface area contributed by atoms with Crippen LogP contribution in [0.15, 0.2) is 42.7 Å². The van der Waals surface area contributed by atoms with Gasteiger partial charge in [0.25, 0.3) is 0 Å². The van der Waals surface area contributed by atoms with E-state index in [4.69, 9.17) is 0 Å². The van der Waals surface area contributed by atoms with E-state index >= 15 is 0 Å². The van der Waals surface area contributed by atoms with Crippen molar-refractivity contribution in [1.82, 2.24) is 4.98 Å². The van der Waals surface area contributed by atoms with Crippen molar-refractivity contribution < 1.29 is 9.50 Å². The van der Waals surface area contributed by atoms with Gasteiger partial charge in [0.05, 0.1) is 6.20 Å². The third-order valence-electron chi connectivity index (χ3n) is 2.91. The second kappa shape index (κ2) is 4.26. The lowest BCUT2D eigenvalue weighted by molar-refractivity contribution is 0.0978. The van der Waals surface area contributed by atoms with Crippen molar-refractivity contribution in [2.45, 2.75) is 19.4 Å². The average Bonchev–Trinajstić information content (AvgIpc) is 2.30. The molecule has 0 aliphatic heterocycles. The van der Waals surface area contributed by atoms with Crippen LogP contribution in [-0.2, 0) is 5.60 Å². The Hall–Kier alpha value is -1.74. The minimum absolute atomic E-state index is 0.233.